The van der Waals surface area contributed by atoms with E-state index in [0.29, 0.717) is 11.6 Å². The van der Waals surface area contributed by atoms with E-state index in [2.05, 4.69) is 24.5 Å². The van der Waals surface area contributed by atoms with E-state index in [1.54, 1.807) is 6.07 Å². The summed E-state index contributed by atoms with van der Waals surface area (Å²) in [4.78, 5) is 12.5. The number of hydrogen-bond donors (Lipinski definition) is 2. The van der Waals surface area contributed by atoms with E-state index in [1.807, 2.05) is 49.4 Å². The highest BCUT2D eigenvalue weighted by molar-refractivity contribution is 6.31. The second kappa shape index (κ2) is 9.07. The van der Waals surface area contributed by atoms with Gasteiger partial charge in [-0.2, -0.15) is 5.26 Å². The van der Waals surface area contributed by atoms with Gasteiger partial charge < -0.3 is 10.6 Å². The molecule has 0 radical (unpaired) electrons. The Hall–Kier alpha value is -2.77. The van der Waals surface area contributed by atoms with Gasteiger partial charge in [-0.05, 0) is 35.6 Å². The van der Waals surface area contributed by atoms with Crippen LogP contribution in [0.4, 0.5) is 5.69 Å². The first-order chi connectivity index (χ1) is 12.4. The van der Waals surface area contributed by atoms with Gasteiger partial charge in [-0.3, -0.25) is 4.79 Å². The highest BCUT2D eigenvalue weighted by atomic mass is 35.5. The van der Waals surface area contributed by atoms with Crippen molar-refractivity contribution in [1.82, 2.24) is 5.32 Å². The van der Waals surface area contributed by atoms with Gasteiger partial charge in [-0.15, -0.1) is 0 Å². The highest BCUT2D eigenvalue weighted by Crippen LogP contribution is 2.27. The Morgan fingerprint density at radius 2 is 1.96 bits per heavy atom. The number of aryl methyl sites for hydroxylation is 1. The summed E-state index contributed by atoms with van der Waals surface area (Å²) in [5, 5.41) is 15.8. The summed E-state index contributed by atoms with van der Waals surface area (Å²) >= 11 is 6.10. The predicted molar refractivity (Wildman–Crippen MR) is 106 cm³/mol. The lowest BCUT2D eigenvalue weighted by Gasteiger charge is -2.16. The van der Waals surface area contributed by atoms with Crippen molar-refractivity contribution in [2.24, 2.45) is 0 Å². The molecule has 0 aliphatic heterocycles. The lowest BCUT2D eigenvalue weighted by molar-refractivity contribution is -0.112. The standard InChI is InChI=1S/C21H22ClN3O/c1-14(2)18-9-6-7-15(3)20(18)25-21(26)17(11-23)13-24-12-16-8-4-5-10-19(16)22/h4-10,13-14,24H,12H2,1-3H3,(H,25,26)/b17-13-. The van der Waals surface area contributed by atoms with E-state index in [1.165, 1.54) is 6.20 Å². The van der Waals surface area contributed by atoms with Crippen LogP contribution >= 0.6 is 11.6 Å². The zero-order valence-electron chi connectivity index (χ0n) is 15.1. The third-order valence-corrected chi connectivity index (χ3v) is 4.40. The number of nitriles is 1. The van der Waals surface area contributed by atoms with E-state index in [9.17, 15) is 10.1 Å². The first kappa shape index (κ1) is 19.6. The van der Waals surface area contributed by atoms with Crippen LogP contribution in [0.1, 0.15) is 36.5 Å². The normalized spacial score (nSPS) is 11.2. The van der Waals surface area contributed by atoms with Crippen LogP contribution in [0.5, 0.6) is 0 Å². The summed E-state index contributed by atoms with van der Waals surface area (Å²) in [6, 6.07) is 15.3. The summed E-state index contributed by atoms with van der Waals surface area (Å²) in [6.45, 7) is 6.50. The van der Waals surface area contributed by atoms with Crippen molar-refractivity contribution < 1.29 is 4.79 Å². The number of nitrogens with one attached hydrogen (secondary N) is 2. The van der Waals surface area contributed by atoms with Crippen molar-refractivity contribution in [3.63, 3.8) is 0 Å². The van der Waals surface area contributed by atoms with Crippen LogP contribution in [0.2, 0.25) is 5.02 Å². The molecule has 1 amide bonds. The number of para-hydroxylation sites is 1. The van der Waals surface area contributed by atoms with Crippen LogP contribution in [0.15, 0.2) is 54.2 Å². The second-order valence-corrected chi connectivity index (χ2v) is 6.70. The van der Waals surface area contributed by atoms with Crippen LogP contribution in [-0.2, 0) is 11.3 Å². The molecule has 0 bridgehead atoms. The molecule has 0 saturated heterocycles. The van der Waals surface area contributed by atoms with Crippen molar-refractivity contribution in [2.45, 2.75) is 33.2 Å². The first-order valence-corrected chi connectivity index (χ1v) is 8.79. The van der Waals surface area contributed by atoms with E-state index in [0.717, 1.165) is 22.4 Å². The highest BCUT2D eigenvalue weighted by Gasteiger charge is 2.15. The molecule has 0 spiro atoms. The van der Waals surface area contributed by atoms with Crippen LogP contribution in [0.3, 0.4) is 0 Å². The van der Waals surface area contributed by atoms with E-state index < -0.39 is 5.91 Å². The lowest BCUT2D eigenvalue weighted by Crippen LogP contribution is -2.18. The Labute approximate surface area is 159 Å². The summed E-state index contributed by atoms with van der Waals surface area (Å²) < 4.78 is 0. The maximum atomic E-state index is 12.5. The largest absolute Gasteiger partial charge is 0.386 e. The van der Waals surface area contributed by atoms with Crippen LogP contribution in [0, 0.1) is 18.3 Å². The second-order valence-electron chi connectivity index (χ2n) is 6.29. The number of amides is 1. The molecule has 4 nitrogen and oxygen atoms in total. The minimum Gasteiger partial charge on any atom is -0.386 e. The quantitative estimate of drug-likeness (QED) is 0.563. The van der Waals surface area contributed by atoms with Gasteiger partial charge in [0, 0.05) is 23.5 Å². The van der Waals surface area contributed by atoms with E-state index >= 15 is 0 Å². The van der Waals surface area contributed by atoms with Crippen molar-refractivity contribution in [1.29, 1.82) is 5.26 Å². The van der Waals surface area contributed by atoms with Gasteiger partial charge in [-0.25, -0.2) is 0 Å². The number of hydrogen-bond acceptors (Lipinski definition) is 3. The summed E-state index contributed by atoms with van der Waals surface area (Å²) in [7, 11) is 0. The zero-order valence-corrected chi connectivity index (χ0v) is 15.9. The fourth-order valence-corrected chi connectivity index (χ4v) is 2.78. The van der Waals surface area contributed by atoms with Gasteiger partial charge in [0.05, 0.1) is 0 Å². The zero-order chi connectivity index (χ0) is 19.1. The Bertz CT molecular complexity index is 866. The molecule has 0 aromatic heterocycles. The number of halogens is 1. The molecular weight excluding hydrogens is 346 g/mol. The Morgan fingerprint density at radius 3 is 2.62 bits per heavy atom. The molecule has 2 N–H and O–H groups in total. The van der Waals surface area contributed by atoms with Gasteiger partial charge in [0.25, 0.3) is 5.91 Å². The Balaban J connectivity index is 2.12. The van der Waals surface area contributed by atoms with Gasteiger partial charge in [0.15, 0.2) is 0 Å². The molecular formula is C21H22ClN3O. The molecule has 0 heterocycles. The third kappa shape index (κ3) is 4.87. The fraction of sp³-hybridized carbons (Fsp3) is 0.238. The molecule has 0 unspecified atom stereocenters. The Kier molecular flexibility index (Phi) is 6.82. The molecule has 2 aromatic rings. The predicted octanol–water partition coefficient (Wildman–Crippen LogP) is 4.91. The smallest absolute Gasteiger partial charge is 0.267 e. The van der Waals surface area contributed by atoms with Crippen LogP contribution < -0.4 is 10.6 Å². The summed E-state index contributed by atoms with van der Waals surface area (Å²) in [5.41, 5.74) is 3.67. The number of rotatable bonds is 6. The summed E-state index contributed by atoms with van der Waals surface area (Å²) in [5.74, 6) is -0.173. The topological polar surface area (TPSA) is 64.9 Å². The number of nitrogens with zero attached hydrogens (tertiary/aromatic N) is 1. The van der Waals surface area contributed by atoms with Crippen LogP contribution in [0.25, 0.3) is 0 Å². The molecule has 0 fully saturated rings. The molecule has 2 rings (SSSR count). The number of anilines is 1. The van der Waals surface area contributed by atoms with Gasteiger partial charge >= 0.3 is 0 Å². The molecule has 5 heteroatoms. The number of benzene rings is 2. The Morgan fingerprint density at radius 1 is 1.23 bits per heavy atom. The maximum Gasteiger partial charge on any atom is 0.267 e. The van der Waals surface area contributed by atoms with Crippen molar-refractivity contribution in [2.75, 3.05) is 5.32 Å². The van der Waals surface area contributed by atoms with Gasteiger partial charge in [0.1, 0.15) is 11.6 Å². The minimum absolute atomic E-state index is 0.00927. The number of carbonyl (C=O) groups is 1. The van der Waals surface area contributed by atoms with E-state index in [-0.39, 0.29) is 11.5 Å². The minimum atomic E-state index is -0.435. The van der Waals surface area contributed by atoms with Crippen molar-refractivity contribution in [3.05, 3.63) is 76.0 Å². The number of carbonyl (C=O) groups excluding carboxylic acids is 1. The maximum absolute atomic E-state index is 12.5. The SMILES string of the molecule is Cc1cccc(C(C)C)c1NC(=O)/C(C#N)=C\NCc1ccccc1Cl. The van der Waals surface area contributed by atoms with E-state index in [4.69, 9.17) is 11.6 Å². The average molecular weight is 368 g/mol. The van der Waals surface area contributed by atoms with Crippen molar-refractivity contribution in [3.8, 4) is 6.07 Å². The summed E-state index contributed by atoms with van der Waals surface area (Å²) in [6.07, 6.45) is 1.42. The monoisotopic (exact) mass is 367 g/mol. The molecule has 134 valence electrons. The molecule has 26 heavy (non-hydrogen) atoms. The van der Waals surface area contributed by atoms with Crippen LogP contribution in [-0.4, -0.2) is 5.91 Å². The molecule has 0 aliphatic rings. The average Bonchev–Trinajstić information content (AvgIpc) is 2.61. The van der Waals surface area contributed by atoms with Gasteiger partial charge in [0.2, 0.25) is 0 Å². The molecule has 0 saturated carbocycles. The molecule has 0 aliphatic carbocycles. The molecule has 2 aromatic carbocycles. The lowest BCUT2D eigenvalue weighted by atomic mass is 9.98. The fourth-order valence-electron chi connectivity index (χ4n) is 2.58. The first-order valence-electron chi connectivity index (χ1n) is 8.42. The third-order valence-electron chi connectivity index (χ3n) is 4.03. The van der Waals surface area contributed by atoms with Gasteiger partial charge in [-0.1, -0.05) is 61.8 Å². The van der Waals surface area contributed by atoms with Crippen molar-refractivity contribution >= 4 is 23.2 Å². The molecule has 0 atom stereocenters.